The van der Waals surface area contributed by atoms with E-state index < -0.39 is 11.6 Å². The number of nitrogens with one attached hydrogen (secondary N) is 1. The first-order valence-electron chi connectivity index (χ1n) is 11.7. The van der Waals surface area contributed by atoms with Crippen LogP contribution >= 0.6 is 0 Å². The quantitative estimate of drug-likeness (QED) is 0.348. The van der Waals surface area contributed by atoms with Gasteiger partial charge in [-0.3, -0.25) is 9.69 Å². The second-order valence-electron chi connectivity index (χ2n) is 8.72. The third-order valence-electron chi connectivity index (χ3n) is 6.35. The number of aromatic nitrogens is 5. The van der Waals surface area contributed by atoms with E-state index in [0.29, 0.717) is 16.8 Å². The first kappa shape index (κ1) is 24.4. The molecular formula is C25H24F2N8O2. The summed E-state index contributed by atoms with van der Waals surface area (Å²) in [6.45, 7) is 1.06. The number of carbonyl (C=O) groups is 1. The number of aliphatic hydroxyl groups is 1. The summed E-state index contributed by atoms with van der Waals surface area (Å²) in [7, 11) is 0. The summed E-state index contributed by atoms with van der Waals surface area (Å²) < 4.78 is 29.3. The average molecular weight is 507 g/mol. The van der Waals surface area contributed by atoms with Gasteiger partial charge in [-0.1, -0.05) is 18.2 Å². The van der Waals surface area contributed by atoms with Crippen molar-refractivity contribution in [3.05, 3.63) is 66.4 Å². The van der Waals surface area contributed by atoms with Crippen molar-refractivity contribution in [3.63, 3.8) is 0 Å². The van der Waals surface area contributed by atoms with E-state index in [0.717, 1.165) is 35.7 Å². The number of halogens is 2. The second kappa shape index (κ2) is 10.4. The third-order valence-corrected chi connectivity index (χ3v) is 6.35. The number of tetrazole rings is 1. The minimum atomic E-state index is -1.09. The molecule has 3 heterocycles. The highest BCUT2D eigenvalue weighted by Crippen LogP contribution is 2.30. The number of hydrogen-bond acceptors (Lipinski definition) is 8. The molecule has 1 fully saturated rings. The average Bonchev–Trinajstić information content (AvgIpc) is 3.56. The molecule has 5 rings (SSSR count). The van der Waals surface area contributed by atoms with Gasteiger partial charge in [0.1, 0.15) is 11.5 Å². The number of carbonyl (C=O) groups excluding carboxylic acids is 1. The number of hydrogen-bond donors (Lipinski definition) is 3. The Morgan fingerprint density at radius 1 is 1.16 bits per heavy atom. The Balaban J connectivity index is 1.36. The number of nitrogens with zero attached hydrogens (tertiary/aromatic N) is 6. The van der Waals surface area contributed by atoms with Gasteiger partial charge in [-0.15, -0.1) is 5.10 Å². The highest BCUT2D eigenvalue weighted by Gasteiger charge is 2.25. The molecule has 1 aliphatic rings. The highest BCUT2D eigenvalue weighted by molar-refractivity contribution is 5.92. The molecule has 0 spiro atoms. The molecule has 0 aliphatic carbocycles. The van der Waals surface area contributed by atoms with Gasteiger partial charge >= 0.3 is 0 Å². The van der Waals surface area contributed by atoms with E-state index >= 15 is 0 Å². The van der Waals surface area contributed by atoms with Gasteiger partial charge in [0.25, 0.3) is 0 Å². The molecule has 4 N–H and O–H groups in total. The minimum absolute atomic E-state index is 0.0266. The van der Waals surface area contributed by atoms with Crippen molar-refractivity contribution in [1.29, 1.82) is 0 Å². The maximum absolute atomic E-state index is 14.4. The molecule has 12 heteroatoms. The molecule has 190 valence electrons. The van der Waals surface area contributed by atoms with Crippen LogP contribution in [0.2, 0.25) is 0 Å². The van der Waals surface area contributed by atoms with Crippen molar-refractivity contribution in [2.24, 2.45) is 0 Å². The summed E-state index contributed by atoms with van der Waals surface area (Å²) in [5.41, 5.74) is 8.35. The molecule has 4 aromatic rings. The molecule has 37 heavy (non-hydrogen) atoms. The van der Waals surface area contributed by atoms with Crippen molar-refractivity contribution in [3.8, 4) is 28.2 Å². The Labute approximate surface area is 210 Å². The zero-order chi connectivity index (χ0) is 25.9. The number of pyridine rings is 1. The number of nitrogen functional groups attached to an aromatic ring is 1. The van der Waals surface area contributed by atoms with Crippen LogP contribution in [0.4, 0.5) is 20.3 Å². The number of likely N-dealkylation sites (tertiary alicyclic amines) is 1. The molecule has 0 radical (unpaired) electrons. The van der Waals surface area contributed by atoms with Crippen LogP contribution in [-0.2, 0) is 4.79 Å². The molecule has 0 bridgehead atoms. The van der Waals surface area contributed by atoms with E-state index in [4.69, 9.17) is 5.73 Å². The van der Waals surface area contributed by atoms with Gasteiger partial charge in [0.15, 0.2) is 17.5 Å². The zero-order valence-corrected chi connectivity index (χ0v) is 19.7. The molecule has 10 nitrogen and oxygen atoms in total. The smallest absolute Gasteiger partial charge is 0.238 e. The fourth-order valence-electron chi connectivity index (χ4n) is 4.43. The largest absolute Gasteiger partial charge is 0.395 e. The predicted molar refractivity (Wildman–Crippen MR) is 132 cm³/mol. The van der Waals surface area contributed by atoms with Gasteiger partial charge < -0.3 is 16.2 Å². The Kier molecular flexibility index (Phi) is 6.84. The van der Waals surface area contributed by atoms with E-state index in [2.05, 4.69) is 25.8 Å². The first-order valence-corrected chi connectivity index (χ1v) is 11.7. The highest BCUT2D eigenvalue weighted by atomic mass is 19.2. The summed E-state index contributed by atoms with van der Waals surface area (Å²) >= 11 is 0. The topological polar surface area (TPSA) is 135 Å². The van der Waals surface area contributed by atoms with Crippen LogP contribution < -0.4 is 11.1 Å². The van der Waals surface area contributed by atoms with Crippen LogP contribution in [-0.4, -0.2) is 66.8 Å². The predicted octanol–water partition coefficient (Wildman–Crippen LogP) is 2.65. The molecule has 1 atom stereocenters. The molecule has 1 saturated heterocycles. The van der Waals surface area contributed by atoms with Crippen molar-refractivity contribution >= 4 is 17.4 Å². The monoisotopic (exact) mass is 506 g/mol. The van der Waals surface area contributed by atoms with E-state index in [9.17, 15) is 18.7 Å². The molecule has 1 amide bonds. The standard InChI is InChI=1S/C25H24F2N8O2/c26-20-4-1-5-21(23(20)27)35-25(31-32-33-35)19-11-16(12-29-24(19)28)15-6-8-17(9-7-15)30-22(37)13-34-10-2-3-18(34)14-36/h1,4-9,11-12,18,36H,2-3,10,13-14H2,(H2,28,29)(H,30,37)/t18-/m0/s1. The Morgan fingerprint density at radius 2 is 1.97 bits per heavy atom. The first-order chi connectivity index (χ1) is 17.9. The lowest BCUT2D eigenvalue weighted by atomic mass is 10.0. The number of nitrogens with two attached hydrogens (primary N) is 1. The SMILES string of the molecule is Nc1ncc(-c2ccc(NC(=O)CN3CCC[C@H]3CO)cc2)cc1-c1nnnn1-c1cccc(F)c1F. The Morgan fingerprint density at radius 3 is 2.76 bits per heavy atom. The van der Waals surface area contributed by atoms with Gasteiger partial charge in [-0.05, 0) is 65.7 Å². The summed E-state index contributed by atoms with van der Waals surface area (Å²) in [6, 6.07) is 12.6. The van der Waals surface area contributed by atoms with E-state index in [1.807, 2.05) is 17.0 Å². The fourth-order valence-corrected chi connectivity index (χ4v) is 4.43. The normalized spacial score (nSPS) is 15.7. The van der Waals surface area contributed by atoms with Gasteiger partial charge in [0, 0.05) is 23.5 Å². The Bertz CT molecular complexity index is 1430. The minimum Gasteiger partial charge on any atom is -0.395 e. The van der Waals surface area contributed by atoms with Crippen molar-refractivity contribution in [2.75, 3.05) is 30.7 Å². The fraction of sp³-hybridized carbons (Fsp3) is 0.240. The van der Waals surface area contributed by atoms with Gasteiger partial charge in [0.05, 0.1) is 18.7 Å². The van der Waals surface area contributed by atoms with Crippen LogP contribution in [0.5, 0.6) is 0 Å². The zero-order valence-electron chi connectivity index (χ0n) is 19.7. The van der Waals surface area contributed by atoms with E-state index in [1.54, 1.807) is 24.4 Å². The molecular weight excluding hydrogens is 482 g/mol. The van der Waals surface area contributed by atoms with Gasteiger partial charge in [-0.2, -0.15) is 4.68 Å². The summed E-state index contributed by atoms with van der Waals surface area (Å²) in [5, 5.41) is 23.7. The van der Waals surface area contributed by atoms with Crippen LogP contribution in [0.15, 0.2) is 54.7 Å². The van der Waals surface area contributed by atoms with E-state index in [-0.39, 0.29) is 42.4 Å². The molecule has 2 aromatic heterocycles. The number of amides is 1. The third kappa shape index (κ3) is 5.01. The van der Waals surface area contributed by atoms with Crippen LogP contribution in [0.25, 0.3) is 28.2 Å². The maximum atomic E-state index is 14.4. The summed E-state index contributed by atoms with van der Waals surface area (Å²) in [4.78, 5) is 18.7. The number of aliphatic hydroxyl groups excluding tert-OH is 1. The van der Waals surface area contributed by atoms with Gasteiger partial charge in [0.2, 0.25) is 5.91 Å². The molecule has 0 saturated carbocycles. The van der Waals surface area contributed by atoms with Crippen molar-refractivity contribution in [1.82, 2.24) is 30.1 Å². The second-order valence-corrected chi connectivity index (χ2v) is 8.72. The Hall–Kier alpha value is -4.29. The van der Waals surface area contributed by atoms with Crippen LogP contribution in [0, 0.1) is 11.6 Å². The van der Waals surface area contributed by atoms with Gasteiger partial charge in [-0.25, -0.2) is 13.8 Å². The lowest BCUT2D eigenvalue weighted by Gasteiger charge is -2.21. The summed E-state index contributed by atoms with van der Waals surface area (Å²) in [5.74, 6) is -2.06. The molecule has 2 aromatic carbocycles. The van der Waals surface area contributed by atoms with Crippen LogP contribution in [0.1, 0.15) is 12.8 Å². The number of anilines is 2. The maximum Gasteiger partial charge on any atom is 0.238 e. The van der Waals surface area contributed by atoms with Crippen molar-refractivity contribution in [2.45, 2.75) is 18.9 Å². The number of benzene rings is 2. The van der Waals surface area contributed by atoms with E-state index in [1.165, 1.54) is 12.1 Å². The summed E-state index contributed by atoms with van der Waals surface area (Å²) in [6.07, 6.45) is 3.43. The lowest BCUT2D eigenvalue weighted by Crippen LogP contribution is -2.38. The lowest BCUT2D eigenvalue weighted by molar-refractivity contribution is -0.117. The number of rotatable bonds is 7. The molecule has 0 unspecified atom stereocenters. The molecule has 1 aliphatic heterocycles. The van der Waals surface area contributed by atoms with Crippen molar-refractivity contribution < 1.29 is 18.7 Å². The van der Waals surface area contributed by atoms with Crippen LogP contribution in [0.3, 0.4) is 0 Å².